The van der Waals surface area contributed by atoms with Crippen LogP contribution < -0.4 is 15.2 Å². The van der Waals surface area contributed by atoms with Crippen LogP contribution in [0.25, 0.3) is 11.4 Å². The summed E-state index contributed by atoms with van der Waals surface area (Å²) in [5.74, 6) is 2.31. The fourth-order valence-corrected chi connectivity index (χ4v) is 1.78. The summed E-state index contributed by atoms with van der Waals surface area (Å²) in [5, 5.41) is 3.97. The lowest BCUT2D eigenvalue weighted by molar-refractivity contribution is 0.374. The SMILES string of the molecule is COc1cccc(OC)c1-c1noc(CCCN)n1. The van der Waals surface area contributed by atoms with Gasteiger partial charge < -0.3 is 19.7 Å². The van der Waals surface area contributed by atoms with Gasteiger partial charge in [-0.15, -0.1) is 0 Å². The highest BCUT2D eigenvalue weighted by Gasteiger charge is 2.18. The number of nitrogens with zero attached hydrogens (tertiary/aromatic N) is 2. The minimum Gasteiger partial charge on any atom is -0.496 e. The number of hydrogen-bond donors (Lipinski definition) is 1. The largest absolute Gasteiger partial charge is 0.496 e. The molecule has 2 aromatic rings. The molecule has 0 aliphatic heterocycles. The van der Waals surface area contributed by atoms with Crippen molar-refractivity contribution < 1.29 is 14.0 Å². The lowest BCUT2D eigenvalue weighted by Gasteiger charge is -2.09. The molecule has 1 aromatic carbocycles. The summed E-state index contributed by atoms with van der Waals surface area (Å²) in [4.78, 5) is 4.34. The normalized spacial score (nSPS) is 10.5. The molecule has 0 unspecified atom stereocenters. The molecule has 102 valence electrons. The summed E-state index contributed by atoms with van der Waals surface area (Å²) in [6.07, 6.45) is 1.48. The van der Waals surface area contributed by atoms with Gasteiger partial charge in [0.15, 0.2) is 0 Å². The standard InChI is InChI=1S/C13H17N3O3/c1-17-9-5-3-6-10(18-2)12(9)13-15-11(19-16-13)7-4-8-14/h3,5-6H,4,7-8,14H2,1-2H3. The molecule has 0 fully saturated rings. The van der Waals surface area contributed by atoms with Crippen molar-refractivity contribution in [2.24, 2.45) is 5.73 Å². The van der Waals surface area contributed by atoms with E-state index in [1.807, 2.05) is 18.2 Å². The molecule has 0 radical (unpaired) electrons. The Labute approximate surface area is 111 Å². The average Bonchev–Trinajstić information content (AvgIpc) is 2.92. The van der Waals surface area contributed by atoms with Gasteiger partial charge in [-0.25, -0.2) is 0 Å². The number of ether oxygens (including phenoxy) is 2. The van der Waals surface area contributed by atoms with Crippen molar-refractivity contribution in [2.75, 3.05) is 20.8 Å². The Balaban J connectivity index is 2.37. The molecule has 2 N–H and O–H groups in total. The van der Waals surface area contributed by atoms with E-state index in [0.717, 1.165) is 6.42 Å². The third kappa shape index (κ3) is 2.85. The Kier molecular flexibility index (Phi) is 4.35. The number of aromatic nitrogens is 2. The molecular formula is C13H17N3O3. The van der Waals surface area contributed by atoms with Crippen LogP contribution >= 0.6 is 0 Å². The summed E-state index contributed by atoms with van der Waals surface area (Å²) in [6, 6.07) is 5.50. The second-order valence-electron chi connectivity index (χ2n) is 3.94. The molecular weight excluding hydrogens is 246 g/mol. The van der Waals surface area contributed by atoms with Gasteiger partial charge in [0.25, 0.3) is 0 Å². The minimum absolute atomic E-state index is 0.460. The van der Waals surface area contributed by atoms with Crippen molar-refractivity contribution in [3.8, 4) is 22.9 Å². The molecule has 0 amide bonds. The fraction of sp³-hybridized carbons (Fsp3) is 0.385. The van der Waals surface area contributed by atoms with Gasteiger partial charge in [-0.3, -0.25) is 0 Å². The van der Waals surface area contributed by atoms with Crippen LogP contribution in [0.1, 0.15) is 12.3 Å². The molecule has 0 saturated carbocycles. The molecule has 6 nitrogen and oxygen atoms in total. The highest BCUT2D eigenvalue weighted by molar-refractivity contribution is 5.71. The van der Waals surface area contributed by atoms with Gasteiger partial charge in [0.05, 0.1) is 14.2 Å². The Morgan fingerprint density at radius 1 is 1.21 bits per heavy atom. The first-order valence-corrected chi connectivity index (χ1v) is 6.04. The second-order valence-corrected chi connectivity index (χ2v) is 3.94. The van der Waals surface area contributed by atoms with Crippen molar-refractivity contribution in [1.29, 1.82) is 0 Å². The zero-order valence-corrected chi connectivity index (χ0v) is 11.0. The lowest BCUT2D eigenvalue weighted by Crippen LogP contribution is -2.00. The highest BCUT2D eigenvalue weighted by Crippen LogP contribution is 2.36. The first-order chi connectivity index (χ1) is 9.30. The zero-order valence-electron chi connectivity index (χ0n) is 11.0. The van der Waals surface area contributed by atoms with Crippen molar-refractivity contribution >= 4 is 0 Å². The summed E-state index contributed by atoms with van der Waals surface area (Å²) in [7, 11) is 3.18. The predicted molar refractivity (Wildman–Crippen MR) is 70.2 cm³/mol. The van der Waals surface area contributed by atoms with Gasteiger partial charge in [-0.1, -0.05) is 11.2 Å². The predicted octanol–water partition coefficient (Wildman–Crippen LogP) is 1.65. The van der Waals surface area contributed by atoms with E-state index in [0.29, 0.717) is 41.7 Å². The van der Waals surface area contributed by atoms with Crippen LogP contribution in [0.3, 0.4) is 0 Å². The Morgan fingerprint density at radius 2 is 1.89 bits per heavy atom. The maximum Gasteiger partial charge on any atom is 0.227 e. The van der Waals surface area contributed by atoms with Crippen LogP contribution in [-0.2, 0) is 6.42 Å². The molecule has 6 heteroatoms. The Bertz CT molecular complexity index is 517. The minimum atomic E-state index is 0.460. The van der Waals surface area contributed by atoms with E-state index >= 15 is 0 Å². The van der Waals surface area contributed by atoms with Gasteiger partial charge in [0.1, 0.15) is 17.1 Å². The average molecular weight is 263 g/mol. The summed E-state index contributed by atoms with van der Waals surface area (Å²) < 4.78 is 15.8. The molecule has 0 saturated heterocycles. The van der Waals surface area contributed by atoms with E-state index in [-0.39, 0.29) is 0 Å². The van der Waals surface area contributed by atoms with Crippen LogP contribution in [0.15, 0.2) is 22.7 Å². The Morgan fingerprint density at radius 3 is 2.47 bits per heavy atom. The van der Waals surface area contributed by atoms with Crippen LogP contribution in [0.5, 0.6) is 11.5 Å². The monoisotopic (exact) mass is 263 g/mol. The number of aryl methyl sites for hydroxylation is 1. The molecule has 0 aliphatic rings. The smallest absolute Gasteiger partial charge is 0.227 e. The molecule has 1 heterocycles. The van der Waals surface area contributed by atoms with Crippen molar-refractivity contribution in [2.45, 2.75) is 12.8 Å². The highest BCUT2D eigenvalue weighted by atomic mass is 16.5. The van der Waals surface area contributed by atoms with E-state index in [1.54, 1.807) is 14.2 Å². The third-order valence-electron chi connectivity index (χ3n) is 2.71. The second kappa shape index (κ2) is 6.19. The lowest BCUT2D eigenvalue weighted by atomic mass is 10.1. The number of benzene rings is 1. The maximum atomic E-state index is 5.46. The molecule has 2 rings (SSSR count). The maximum absolute atomic E-state index is 5.46. The quantitative estimate of drug-likeness (QED) is 0.853. The van der Waals surface area contributed by atoms with Crippen molar-refractivity contribution in [1.82, 2.24) is 10.1 Å². The van der Waals surface area contributed by atoms with Gasteiger partial charge in [0.2, 0.25) is 11.7 Å². The fourth-order valence-electron chi connectivity index (χ4n) is 1.78. The van der Waals surface area contributed by atoms with E-state index < -0.39 is 0 Å². The van der Waals surface area contributed by atoms with Crippen LogP contribution in [0.2, 0.25) is 0 Å². The molecule has 0 bridgehead atoms. The molecule has 0 aliphatic carbocycles. The number of hydrogen-bond acceptors (Lipinski definition) is 6. The summed E-state index contributed by atoms with van der Waals surface area (Å²) in [6.45, 7) is 0.593. The number of methoxy groups -OCH3 is 2. The van der Waals surface area contributed by atoms with Gasteiger partial charge in [0, 0.05) is 6.42 Å². The molecule has 0 atom stereocenters. The van der Waals surface area contributed by atoms with Gasteiger partial charge in [-0.05, 0) is 25.1 Å². The van der Waals surface area contributed by atoms with Gasteiger partial charge in [-0.2, -0.15) is 4.98 Å². The van der Waals surface area contributed by atoms with Crippen LogP contribution in [-0.4, -0.2) is 30.9 Å². The number of rotatable bonds is 6. The molecule has 1 aromatic heterocycles. The molecule has 19 heavy (non-hydrogen) atoms. The van der Waals surface area contributed by atoms with Gasteiger partial charge >= 0.3 is 0 Å². The third-order valence-corrected chi connectivity index (χ3v) is 2.71. The summed E-state index contributed by atoms with van der Waals surface area (Å²) in [5.41, 5.74) is 6.15. The van der Waals surface area contributed by atoms with E-state index in [1.165, 1.54) is 0 Å². The van der Waals surface area contributed by atoms with Crippen molar-refractivity contribution in [3.05, 3.63) is 24.1 Å². The van der Waals surface area contributed by atoms with E-state index in [9.17, 15) is 0 Å². The Hall–Kier alpha value is -2.08. The first-order valence-electron chi connectivity index (χ1n) is 6.04. The van der Waals surface area contributed by atoms with Crippen LogP contribution in [0, 0.1) is 0 Å². The number of nitrogens with two attached hydrogens (primary N) is 1. The van der Waals surface area contributed by atoms with Crippen LogP contribution in [0.4, 0.5) is 0 Å². The molecule has 0 spiro atoms. The van der Waals surface area contributed by atoms with Crippen molar-refractivity contribution in [3.63, 3.8) is 0 Å². The zero-order chi connectivity index (χ0) is 13.7. The summed E-state index contributed by atoms with van der Waals surface area (Å²) >= 11 is 0. The topological polar surface area (TPSA) is 83.4 Å². The van der Waals surface area contributed by atoms with E-state index in [4.69, 9.17) is 19.7 Å². The first kappa shape index (κ1) is 13.4. The van der Waals surface area contributed by atoms with E-state index in [2.05, 4.69) is 10.1 Å².